The van der Waals surface area contributed by atoms with Crippen molar-refractivity contribution < 1.29 is 4.79 Å². The van der Waals surface area contributed by atoms with Crippen molar-refractivity contribution in [2.45, 2.75) is 52.6 Å². The summed E-state index contributed by atoms with van der Waals surface area (Å²) in [5.41, 5.74) is 0. The molecule has 24 heavy (non-hydrogen) atoms. The van der Waals surface area contributed by atoms with Crippen molar-refractivity contribution in [2.75, 3.05) is 6.54 Å². The van der Waals surface area contributed by atoms with E-state index in [0.29, 0.717) is 6.54 Å². The van der Waals surface area contributed by atoms with Crippen LogP contribution in [-0.4, -0.2) is 32.3 Å². The van der Waals surface area contributed by atoms with Gasteiger partial charge in [0.15, 0.2) is 5.82 Å². The van der Waals surface area contributed by atoms with Crippen molar-refractivity contribution in [3.63, 3.8) is 0 Å². The van der Waals surface area contributed by atoms with Crippen molar-refractivity contribution in [1.29, 1.82) is 0 Å². The largest absolute Gasteiger partial charge is 0.338 e. The molecule has 1 aliphatic heterocycles. The monoisotopic (exact) mass is 348 g/mol. The van der Waals surface area contributed by atoms with Gasteiger partial charge in [-0.2, -0.15) is 0 Å². The zero-order valence-electron chi connectivity index (χ0n) is 14.4. The van der Waals surface area contributed by atoms with Crippen LogP contribution >= 0.6 is 11.3 Å². The third kappa shape index (κ3) is 3.75. The third-order valence-electron chi connectivity index (χ3n) is 4.16. The molecule has 2 N–H and O–H groups in total. The van der Waals surface area contributed by atoms with E-state index in [0.717, 1.165) is 42.5 Å². The van der Waals surface area contributed by atoms with E-state index in [-0.39, 0.29) is 18.0 Å². The minimum atomic E-state index is -0.169. The number of carbonyl (C=O) groups is 1. The number of amides is 2. The summed E-state index contributed by atoms with van der Waals surface area (Å²) < 4.78 is 2.14. The van der Waals surface area contributed by atoms with Gasteiger partial charge in [-0.05, 0) is 19.3 Å². The Morgan fingerprint density at radius 1 is 1.42 bits per heavy atom. The van der Waals surface area contributed by atoms with E-state index < -0.39 is 0 Å². The molecule has 2 aromatic heterocycles. The molecule has 0 bridgehead atoms. The molecule has 2 aromatic rings. The molecule has 0 saturated heterocycles. The summed E-state index contributed by atoms with van der Waals surface area (Å²) in [5.74, 6) is 2.13. The van der Waals surface area contributed by atoms with Gasteiger partial charge in [-0.25, -0.2) is 9.78 Å². The number of rotatable bonds is 6. The van der Waals surface area contributed by atoms with Gasteiger partial charge >= 0.3 is 6.03 Å². The van der Waals surface area contributed by atoms with Crippen LogP contribution in [0.2, 0.25) is 0 Å². The Balaban J connectivity index is 1.56. The third-order valence-corrected chi connectivity index (χ3v) is 5.14. The molecule has 130 valence electrons. The first kappa shape index (κ1) is 16.9. The van der Waals surface area contributed by atoms with Crippen molar-refractivity contribution in [3.05, 3.63) is 27.7 Å². The summed E-state index contributed by atoms with van der Waals surface area (Å²) in [4.78, 5) is 17.7. The molecule has 0 radical (unpaired) electrons. The summed E-state index contributed by atoms with van der Waals surface area (Å²) in [7, 11) is 0. The number of aromatic nitrogens is 4. The lowest BCUT2D eigenvalue weighted by atomic mass is 10.0. The first-order valence-corrected chi connectivity index (χ1v) is 9.24. The first-order valence-electron chi connectivity index (χ1n) is 8.42. The molecule has 0 unspecified atom stereocenters. The standard InChI is InChI=1S/C16H24N6OS/c1-10(2)14(15-21-20-12-5-4-8-22(12)15)19-16(23)17-7-6-13-18-9-11(3)24-13/h9-10,14H,4-8H2,1-3H3,(H2,17,19,23)/t14-/m0/s1. The Hall–Kier alpha value is -1.96. The van der Waals surface area contributed by atoms with Crippen LogP contribution in [0, 0.1) is 12.8 Å². The van der Waals surface area contributed by atoms with Gasteiger partial charge in [0.1, 0.15) is 5.82 Å². The minimum Gasteiger partial charge on any atom is -0.338 e. The topological polar surface area (TPSA) is 84.7 Å². The Morgan fingerprint density at radius 3 is 2.96 bits per heavy atom. The Kier molecular flexibility index (Phi) is 5.13. The normalized spacial score (nSPS) is 14.7. The van der Waals surface area contributed by atoms with E-state index in [1.807, 2.05) is 13.1 Å². The molecule has 0 aromatic carbocycles. The maximum atomic E-state index is 12.3. The molecule has 8 heteroatoms. The second-order valence-electron chi connectivity index (χ2n) is 6.47. The maximum absolute atomic E-state index is 12.3. The van der Waals surface area contributed by atoms with Crippen LogP contribution in [0.4, 0.5) is 4.79 Å². The highest BCUT2D eigenvalue weighted by Crippen LogP contribution is 2.24. The predicted octanol–water partition coefficient (Wildman–Crippen LogP) is 2.23. The summed E-state index contributed by atoms with van der Waals surface area (Å²) in [6, 6.07) is -0.302. The SMILES string of the molecule is Cc1cnc(CCNC(=O)N[C@H](c2nnc3n2CCC3)C(C)C)s1. The quantitative estimate of drug-likeness (QED) is 0.838. The van der Waals surface area contributed by atoms with Crippen molar-refractivity contribution in [3.8, 4) is 0 Å². The fraction of sp³-hybridized carbons (Fsp3) is 0.625. The lowest BCUT2D eigenvalue weighted by Crippen LogP contribution is -2.41. The molecule has 0 spiro atoms. The molecule has 1 aliphatic rings. The minimum absolute atomic E-state index is 0.133. The van der Waals surface area contributed by atoms with Gasteiger partial charge in [-0.15, -0.1) is 21.5 Å². The van der Waals surface area contributed by atoms with Crippen LogP contribution in [0.5, 0.6) is 0 Å². The molecule has 3 rings (SSSR count). The maximum Gasteiger partial charge on any atom is 0.315 e. The highest BCUT2D eigenvalue weighted by molar-refractivity contribution is 7.11. The molecule has 0 aliphatic carbocycles. The number of nitrogens with zero attached hydrogens (tertiary/aromatic N) is 4. The highest BCUT2D eigenvalue weighted by Gasteiger charge is 2.27. The molecular formula is C16H24N6OS. The Bertz CT molecular complexity index is 707. The van der Waals surface area contributed by atoms with Gasteiger partial charge in [-0.3, -0.25) is 0 Å². The van der Waals surface area contributed by atoms with E-state index >= 15 is 0 Å². The zero-order chi connectivity index (χ0) is 17.1. The number of hydrogen-bond donors (Lipinski definition) is 2. The smallest absolute Gasteiger partial charge is 0.315 e. The molecule has 2 amide bonds. The molecular weight excluding hydrogens is 324 g/mol. The predicted molar refractivity (Wildman–Crippen MR) is 93.0 cm³/mol. The van der Waals surface area contributed by atoms with Crippen LogP contribution in [-0.2, 0) is 19.4 Å². The highest BCUT2D eigenvalue weighted by atomic mass is 32.1. The number of hydrogen-bond acceptors (Lipinski definition) is 5. The van der Waals surface area contributed by atoms with Gasteiger partial charge < -0.3 is 15.2 Å². The van der Waals surface area contributed by atoms with E-state index in [9.17, 15) is 4.79 Å². The Morgan fingerprint density at radius 2 is 2.25 bits per heavy atom. The second kappa shape index (κ2) is 7.29. The van der Waals surface area contributed by atoms with Crippen LogP contribution in [0.1, 0.15) is 47.8 Å². The number of carbonyl (C=O) groups excluding carboxylic acids is 1. The number of urea groups is 1. The summed E-state index contributed by atoms with van der Waals surface area (Å²) >= 11 is 1.67. The van der Waals surface area contributed by atoms with E-state index in [1.165, 1.54) is 4.88 Å². The first-order chi connectivity index (χ1) is 11.5. The van der Waals surface area contributed by atoms with E-state index in [2.05, 4.69) is 44.2 Å². The number of thiazole rings is 1. The second-order valence-corrected chi connectivity index (χ2v) is 7.79. The van der Waals surface area contributed by atoms with Crippen LogP contribution in [0.25, 0.3) is 0 Å². The molecule has 3 heterocycles. The van der Waals surface area contributed by atoms with Crippen LogP contribution in [0.3, 0.4) is 0 Å². The number of fused-ring (bicyclic) bond motifs is 1. The average Bonchev–Trinajstić information content (AvgIpc) is 3.22. The lowest BCUT2D eigenvalue weighted by Gasteiger charge is -2.22. The van der Waals surface area contributed by atoms with Gasteiger partial charge in [-0.1, -0.05) is 13.8 Å². The summed E-state index contributed by atoms with van der Waals surface area (Å²) in [6.07, 6.45) is 4.68. The number of nitrogens with one attached hydrogen (secondary N) is 2. The van der Waals surface area contributed by atoms with Gasteiger partial charge in [0.05, 0.1) is 11.0 Å². The van der Waals surface area contributed by atoms with Crippen molar-refractivity contribution >= 4 is 17.4 Å². The van der Waals surface area contributed by atoms with Crippen LogP contribution < -0.4 is 10.6 Å². The van der Waals surface area contributed by atoms with Crippen molar-refractivity contribution in [2.24, 2.45) is 5.92 Å². The Labute approximate surface area is 145 Å². The molecule has 0 fully saturated rings. The fourth-order valence-corrected chi connectivity index (χ4v) is 3.71. The van der Waals surface area contributed by atoms with Crippen LogP contribution in [0.15, 0.2) is 6.20 Å². The molecule has 0 saturated carbocycles. The number of aryl methyl sites for hydroxylation is 2. The van der Waals surface area contributed by atoms with E-state index in [4.69, 9.17) is 0 Å². The zero-order valence-corrected chi connectivity index (χ0v) is 15.2. The lowest BCUT2D eigenvalue weighted by molar-refractivity contribution is 0.231. The summed E-state index contributed by atoms with van der Waals surface area (Å²) in [5, 5.41) is 15.6. The van der Waals surface area contributed by atoms with Gasteiger partial charge in [0, 0.05) is 37.0 Å². The average molecular weight is 348 g/mol. The van der Waals surface area contributed by atoms with Gasteiger partial charge in [0.2, 0.25) is 0 Å². The van der Waals surface area contributed by atoms with E-state index in [1.54, 1.807) is 11.3 Å². The van der Waals surface area contributed by atoms with Gasteiger partial charge in [0.25, 0.3) is 0 Å². The fourth-order valence-electron chi connectivity index (χ4n) is 2.92. The van der Waals surface area contributed by atoms with Crippen molar-refractivity contribution in [1.82, 2.24) is 30.4 Å². The molecule has 7 nitrogen and oxygen atoms in total. The molecule has 1 atom stereocenters. The summed E-state index contributed by atoms with van der Waals surface area (Å²) in [6.45, 7) is 7.71.